The quantitative estimate of drug-likeness (QED) is 0.613. The Morgan fingerprint density at radius 1 is 1.23 bits per heavy atom. The van der Waals surface area contributed by atoms with Crippen LogP contribution in [0.2, 0.25) is 0 Å². The second-order valence-electron chi connectivity index (χ2n) is 6.83. The maximum absolute atomic E-state index is 12.9. The molecule has 162 valence electrons. The van der Waals surface area contributed by atoms with E-state index < -0.39 is 17.6 Å². The molecule has 1 aliphatic heterocycles. The van der Waals surface area contributed by atoms with Crippen molar-refractivity contribution in [2.24, 2.45) is 0 Å². The van der Waals surface area contributed by atoms with Crippen molar-refractivity contribution in [1.82, 2.24) is 15.2 Å². The van der Waals surface area contributed by atoms with Crippen LogP contribution in [0.1, 0.15) is 27.4 Å². The Morgan fingerprint density at radius 3 is 2.81 bits per heavy atom. The van der Waals surface area contributed by atoms with E-state index in [-0.39, 0.29) is 24.8 Å². The molecule has 11 heteroatoms. The molecule has 1 aromatic carbocycles. The van der Waals surface area contributed by atoms with Crippen molar-refractivity contribution in [3.63, 3.8) is 0 Å². The fourth-order valence-corrected chi connectivity index (χ4v) is 3.96. The molecule has 1 aliphatic rings. The number of aromatic nitrogens is 1. The lowest BCUT2D eigenvalue weighted by molar-refractivity contribution is -0.137. The number of carbonyl (C=O) groups is 2. The molecule has 0 bridgehead atoms. The van der Waals surface area contributed by atoms with Crippen LogP contribution in [0.3, 0.4) is 0 Å². The average Bonchev–Trinajstić information content (AvgIpc) is 3.48. The van der Waals surface area contributed by atoms with E-state index in [0.717, 1.165) is 23.5 Å². The van der Waals surface area contributed by atoms with Crippen molar-refractivity contribution in [2.45, 2.75) is 19.3 Å². The average molecular weight is 450 g/mol. The highest BCUT2D eigenvalue weighted by Crippen LogP contribution is 2.30. The number of alkyl halides is 3. The van der Waals surface area contributed by atoms with Crippen LogP contribution in [0, 0.1) is 0 Å². The van der Waals surface area contributed by atoms with Gasteiger partial charge in [-0.3, -0.25) is 9.69 Å². The molecule has 0 unspecified atom stereocenters. The minimum atomic E-state index is -4.44. The first-order valence-corrected chi connectivity index (χ1v) is 10.2. The molecule has 1 saturated heterocycles. The highest BCUT2D eigenvalue weighted by molar-refractivity contribution is 7.14. The van der Waals surface area contributed by atoms with Gasteiger partial charge >= 0.3 is 12.2 Å². The number of amides is 3. The molecule has 0 aliphatic carbocycles. The lowest BCUT2D eigenvalue weighted by atomic mass is 10.1. The van der Waals surface area contributed by atoms with E-state index in [4.69, 9.17) is 4.42 Å². The second kappa shape index (κ2) is 8.42. The van der Waals surface area contributed by atoms with E-state index in [9.17, 15) is 22.8 Å². The zero-order valence-corrected chi connectivity index (χ0v) is 16.9. The summed E-state index contributed by atoms with van der Waals surface area (Å²) >= 11 is 1.15. The van der Waals surface area contributed by atoms with E-state index in [0.29, 0.717) is 29.5 Å². The summed E-state index contributed by atoms with van der Waals surface area (Å²) in [6.07, 6.45) is -2.93. The van der Waals surface area contributed by atoms with E-state index in [2.05, 4.69) is 10.3 Å². The van der Waals surface area contributed by atoms with Crippen LogP contribution in [-0.2, 0) is 19.3 Å². The third kappa shape index (κ3) is 4.71. The molecule has 3 heterocycles. The van der Waals surface area contributed by atoms with Gasteiger partial charge in [0, 0.05) is 25.0 Å². The van der Waals surface area contributed by atoms with Gasteiger partial charge in [-0.15, -0.1) is 11.3 Å². The molecular weight excluding hydrogens is 433 g/mol. The van der Waals surface area contributed by atoms with Gasteiger partial charge in [0.25, 0.3) is 5.91 Å². The number of benzene rings is 1. The van der Waals surface area contributed by atoms with Crippen LogP contribution in [0.25, 0.3) is 0 Å². The van der Waals surface area contributed by atoms with Crippen molar-refractivity contribution >= 4 is 28.4 Å². The SMILES string of the molecule is O=C(NCc1ccco1)c1csc(N2CCN(Cc3cccc(C(F)(F)F)c3)C2=O)n1. The van der Waals surface area contributed by atoms with Crippen LogP contribution in [0.5, 0.6) is 0 Å². The van der Waals surface area contributed by atoms with E-state index in [1.807, 2.05) is 0 Å². The number of thiazole rings is 1. The topological polar surface area (TPSA) is 78.7 Å². The predicted molar refractivity (Wildman–Crippen MR) is 107 cm³/mol. The molecule has 0 spiro atoms. The van der Waals surface area contributed by atoms with Gasteiger partial charge in [0.2, 0.25) is 0 Å². The normalized spacial score (nSPS) is 14.4. The van der Waals surface area contributed by atoms with Gasteiger partial charge in [0.05, 0.1) is 18.4 Å². The first-order chi connectivity index (χ1) is 14.8. The highest BCUT2D eigenvalue weighted by Gasteiger charge is 2.33. The highest BCUT2D eigenvalue weighted by atomic mass is 32.1. The summed E-state index contributed by atoms with van der Waals surface area (Å²) in [7, 11) is 0. The number of halogens is 3. The van der Waals surface area contributed by atoms with Crippen LogP contribution < -0.4 is 10.2 Å². The molecule has 1 N–H and O–H groups in total. The first kappa shape index (κ1) is 20.9. The summed E-state index contributed by atoms with van der Waals surface area (Å²) in [4.78, 5) is 32.1. The van der Waals surface area contributed by atoms with Gasteiger partial charge in [-0.05, 0) is 29.8 Å². The molecular formula is C20H17F3N4O3S. The fourth-order valence-electron chi connectivity index (χ4n) is 3.14. The predicted octanol–water partition coefficient (Wildman–Crippen LogP) is 4.13. The molecule has 3 amide bonds. The maximum atomic E-state index is 12.9. The molecule has 1 fully saturated rings. The van der Waals surface area contributed by atoms with E-state index in [1.165, 1.54) is 22.1 Å². The number of nitrogens with one attached hydrogen (secondary N) is 1. The van der Waals surface area contributed by atoms with Gasteiger partial charge in [-0.2, -0.15) is 13.2 Å². The minimum Gasteiger partial charge on any atom is -0.467 e. The number of hydrogen-bond acceptors (Lipinski definition) is 5. The number of hydrogen-bond donors (Lipinski definition) is 1. The third-order valence-electron chi connectivity index (χ3n) is 4.68. The van der Waals surface area contributed by atoms with Crippen LogP contribution in [-0.4, -0.2) is 34.9 Å². The number of anilines is 1. The molecule has 4 rings (SSSR count). The summed E-state index contributed by atoms with van der Waals surface area (Å²) in [6.45, 7) is 0.945. The van der Waals surface area contributed by atoms with Gasteiger partial charge in [-0.25, -0.2) is 9.78 Å². The molecule has 0 saturated carbocycles. The smallest absolute Gasteiger partial charge is 0.416 e. The summed E-state index contributed by atoms with van der Waals surface area (Å²) in [5, 5.41) is 4.59. The number of nitrogens with zero attached hydrogens (tertiary/aromatic N) is 3. The van der Waals surface area contributed by atoms with E-state index in [1.54, 1.807) is 23.6 Å². The number of rotatable bonds is 6. The standard InChI is InChI=1S/C20H17F3N4O3S/c21-20(22,23)14-4-1-3-13(9-14)11-26-6-7-27(19(26)29)18-25-16(12-31-18)17(28)24-10-15-5-2-8-30-15/h1-5,8-9,12H,6-7,10-11H2,(H,24,28). The van der Waals surface area contributed by atoms with Crippen molar-refractivity contribution in [3.05, 3.63) is 70.6 Å². The first-order valence-electron chi connectivity index (χ1n) is 9.30. The zero-order chi connectivity index (χ0) is 22.0. The molecule has 31 heavy (non-hydrogen) atoms. The van der Waals surface area contributed by atoms with Gasteiger partial charge in [-0.1, -0.05) is 12.1 Å². The van der Waals surface area contributed by atoms with Crippen LogP contribution in [0.15, 0.2) is 52.5 Å². The summed E-state index contributed by atoms with van der Waals surface area (Å²) in [6, 6.07) is 7.99. The lowest BCUT2D eigenvalue weighted by Gasteiger charge is -2.17. The summed E-state index contributed by atoms with van der Waals surface area (Å²) in [5.41, 5.74) is -0.184. The Hall–Kier alpha value is -3.34. The number of furan rings is 1. The Kier molecular flexibility index (Phi) is 5.68. The van der Waals surface area contributed by atoms with Crippen LogP contribution in [0.4, 0.5) is 23.1 Å². The van der Waals surface area contributed by atoms with Crippen molar-refractivity contribution in [1.29, 1.82) is 0 Å². The number of urea groups is 1. The molecule has 2 aromatic heterocycles. The molecule has 0 atom stereocenters. The lowest BCUT2D eigenvalue weighted by Crippen LogP contribution is -2.31. The van der Waals surface area contributed by atoms with Gasteiger partial charge in [0.15, 0.2) is 5.13 Å². The fraction of sp³-hybridized carbons (Fsp3) is 0.250. The number of carbonyl (C=O) groups excluding carboxylic acids is 2. The zero-order valence-electron chi connectivity index (χ0n) is 16.1. The minimum absolute atomic E-state index is 0.0567. The Morgan fingerprint density at radius 2 is 2.06 bits per heavy atom. The molecule has 0 radical (unpaired) electrons. The van der Waals surface area contributed by atoms with E-state index >= 15 is 0 Å². The van der Waals surface area contributed by atoms with Gasteiger partial charge in [0.1, 0.15) is 11.5 Å². The van der Waals surface area contributed by atoms with Crippen molar-refractivity contribution in [2.75, 3.05) is 18.0 Å². The third-order valence-corrected chi connectivity index (χ3v) is 5.55. The van der Waals surface area contributed by atoms with Crippen molar-refractivity contribution in [3.8, 4) is 0 Å². The largest absolute Gasteiger partial charge is 0.467 e. The Labute approximate surface area is 179 Å². The summed E-state index contributed by atoms with van der Waals surface area (Å²) < 4.78 is 43.9. The summed E-state index contributed by atoms with van der Waals surface area (Å²) in [5.74, 6) is 0.204. The second-order valence-corrected chi connectivity index (χ2v) is 7.67. The Balaban J connectivity index is 1.39. The van der Waals surface area contributed by atoms with Crippen LogP contribution >= 0.6 is 11.3 Å². The molecule has 3 aromatic rings. The van der Waals surface area contributed by atoms with Gasteiger partial charge < -0.3 is 14.6 Å². The van der Waals surface area contributed by atoms with Crippen molar-refractivity contribution < 1.29 is 27.2 Å². The monoisotopic (exact) mass is 450 g/mol. The maximum Gasteiger partial charge on any atom is 0.416 e. The Bertz CT molecular complexity index is 1080. The molecule has 7 nitrogen and oxygen atoms in total.